The lowest BCUT2D eigenvalue weighted by Crippen LogP contribution is -2.26. The molecule has 0 saturated carbocycles. The molecule has 7 heteroatoms. The third-order valence-electron chi connectivity index (χ3n) is 2.31. The standard InChI is InChI=1S/C13H19ClNO4P/c1-4-20(17,15-9-13(16)18-10(2)3)19-12-7-5-11(14)6-8-12/h5-8,10H,4,9H2,1-3H3,(H,15,17). The minimum absolute atomic E-state index is 0.156. The van der Waals surface area contributed by atoms with Crippen LogP contribution < -0.4 is 9.61 Å². The largest absolute Gasteiger partial charge is 0.462 e. The van der Waals surface area contributed by atoms with Gasteiger partial charge >= 0.3 is 13.5 Å². The molecule has 0 aliphatic heterocycles. The van der Waals surface area contributed by atoms with E-state index < -0.39 is 13.5 Å². The highest BCUT2D eigenvalue weighted by atomic mass is 35.5. The molecule has 0 radical (unpaired) electrons. The van der Waals surface area contributed by atoms with E-state index in [9.17, 15) is 9.36 Å². The molecule has 112 valence electrons. The van der Waals surface area contributed by atoms with E-state index in [2.05, 4.69) is 5.09 Å². The van der Waals surface area contributed by atoms with E-state index in [-0.39, 0.29) is 18.8 Å². The summed E-state index contributed by atoms with van der Waals surface area (Å²) in [7, 11) is -3.13. The van der Waals surface area contributed by atoms with Crippen LogP contribution in [0.25, 0.3) is 0 Å². The molecule has 0 aliphatic carbocycles. The Kier molecular flexibility index (Phi) is 6.53. The number of rotatable bonds is 7. The number of carbonyl (C=O) groups excluding carboxylic acids is 1. The lowest BCUT2D eigenvalue weighted by molar-refractivity contribution is -0.145. The predicted octanol–water partition coefficient (Wildman–Crippen LogP) is 3.47. The first-order valence-corrected chi connectivity index (χ1v) is 8.52. The number of hydrogen-bond acceptors (Lipinski definition) is 4. The maximum Gasteiger partial charge on any atom is 0.320 e. The van der Waals surface area contributed by atoms with Crippen LogP contribution in [0.4, 0.5) is 0 Å². The van der Waals surface area contributed by atoms with Crippen molar-refractivity contribution >= 4 is 25.1 Å². The fraction of sp³-hybridized carbons (Fsp3) is 0.462. The van der Waals surface area contributed by atoms with E-state index in [1.54, 1.807) is 45.0 Å². The molecule has 1 rings (SSSR count). The Morgan fingerprint density at radius 1 is 1.35 bits per heavy atom. The predicted molar refractivity (Wildman–Crippen MR) is 79.5 cm³/mol. The lowest BCUT2D eigenvalue weighted by atomic mass is 10.3. The smallest absolute Gasteiger partial charge is 0.320 e. The van der Waals surface area contributed by atoms with E-state index in [1.165, 1.54) is 0 Å². The fourth-order valence-electron chi connectivity index (χ4n) is 1.36. The summed E-state index contributed by atoms with van der Waals surface area (Å²) in [5.74, 6) is -0.0299. The van der Waals surface area contributed by atoms with Crippen LogP contribution in [0.5, 0.6) is 5.75 Å². The summed E-state index contributed by atoms with van der Waals surface area (Å²) in [6.45, 7) is 5.07. The highest BCUT2D eigenvalue weighted by Gasteiger charge is 2.23. The van der Waals surface area contributed by atoms with Gasteiger partial charge in [0.05, 0.1) is 6.10 Å². The van der Waals surface area contributed by atoms with Crippen LogP contribution >= 0.6 is 19.1 Å². The number of carbonyl (C=O) groups is 1. The van der Waals surface area contributed by atoms with Gasteiger partial charge in [0.25, 0.3) is 0 Å². The van der Waals surface area contributed by atoms with Crippen molar-refractivity contribution in [2.75, 3.05) is 12.7 Å². The topological polar surface area (TPSA) is 64.6 Å². The number of halogens is 1. The van der Waals surface area contributed by atoms with Crippen molar-refractivity contribution in [2.45, 2.75) is 26.9 Å². The third kappa shape index (κ3) is 5.95. The number of nitrogens with one attached hydrogen (secondary N) is 1. The van der Waals surface area contributed by atoms with Crippen molar-refractivity contribution in [3.8, 4) is 5.75 Å². The van der Waals surface area contributed by atoms with E-state index in [0.29, 0.717) is 10.8 Å². The van der Waals surface area contributed by atoms with Gasteiger partial charge in [-0.3, -0.25) is 9.36 Å². The van der Waals surface area contributed by atoms with E-state index in [1.807, 2.05) is 0 Å². The molecule has 0 aliphatic rings. The average Bonchev–Trinajstić information content (AvgIpc) is 2.39. The molecule has 1 unspecified atom stereocenters. The Balaban J connectivity index is 2.60. The number of esters is 1. The summed E-state index contributed by atoms with van der Waals surface area (Å²) >= 11 is 5.77. The second kappa shape index (κ2) is 7.67. The molecule has 5 nitrogen and oxygen atoms in total. The quantitative estimate of drug-likeness (QED) is 0.616. The first kappa shape index (κ1) is 17.0. The maximum absolute atomic E-state index is 12.5. The van der Waals surface area contributed by atoms with Crippen molar-refractivity contribution < 1.29 is 18.6 Å². The molecule has 1 N–H and O–H groups in total. The molecule has 1 aromatic rings. The Hall–Kier alpha value is -1.03. The molecule has 0 bridgehead atoms. The molecular formula is C13H19ClNO4P. The first-order valence-electron chi connectivity index (χ1n) is 6.33. The van der Waals surface area contributed by atoms with Gasteiger partial charge in [0, 0.05) is 11.2 Å². The van der Waals surface area contributed by atoms with Gasteiger partial charge in [-0.05, 0) is 38.1 Å². The monoisotopic (exact) mass is 319 g/mol. The number of ether oxygens (including phenoxy) is 1. The molecule has 0 aromatic heterocycles. The molecule has 1 atom stereocenters. The summed E-state index contributed by atoms with van der Waals surface area (Å²) in [5.41, 5.74) is 0. The summed E-state index contributed by atoms with van der Waals surface area (Å²) in [4.78, 5) is 11.4. The SMILES string of the molecule is CCP(=O)(NCC(=O)OC(C)C)Oc1ccc(Cl)cc1. The Morgan fingerprint density at radius 3 is 2.45 bits per heavy atom. The average molecular weight is 320 g/mol. The lowest BCUT2D eigenvalue weighted by Gasteiger charge is -2.19. The van der Waals surface area contributed by atoms with Gasteiger partial charge in [0.15, 0.2) is 0 Å². The molecule has 0 fully saturated rings. The van der Waals surface area contributed by atoms with Crippen LogP contribution in [0.2, 0.25) is 5.02 Å². The zero-order valence-corrected chi connectivity index (χ0v) is 13.4. The fourth-order valence-corrected chi connectivity index (χ4v) is 2.74. The van der Waals surface area contributed by atoms with Gasteiger partial charge in [-0.2, -0.15) is 0 Å². The van der Waals surface area contributed by atoms with Gasteiger partial charge in [-0.25, -0.2) is 5.09 Å². The zero-order valence-electron chi connectivity index (χ0n) is 11.8. The molecule has 0 heterocycles. The van der Waals surface area contributed by atoms with E-state index in [4.69, 9.17) is 20.9 Å². The minimum Gasteiger partial charge on any atom is -0.462 e. The van der Waals surface area contributed by atoms with Gasteiger partial charge in [0.2, 0.25) is 0 Å². The second-order valence-corrected chi connectivity index (χ2v) is 7.32. The summed E-state index contributed by atoms with van der Waals surface area (Å²) in [5, 5.41) is 3.21. The summed E-state index contributed by atoms with van der Waals surface area (Å²) in [6.07, 6.45) is 0.0485. The molecule has 0 spiro atoms. The summed E-state index contributed by atoms with van der Waals surface area (Å²) in [6, 6.07) is 6.53. The van der Waals surface area contributed by atoms with Gasteiger partial charge in [-0.1, -0.05) is 18.5 Å². The number of benzene rings is 1. The van der Waals surface area contributed by atoms with Crippen LogP contribution in [0.1, 0.15) is 20.8 Å². The second-order valence-electron chi connectivity index (χ2n) is 4.41. The van der Waals surface area contributed by atoms with Gasteiger partial charge in [0.1, 0.15) is 12.3 Å². The molecule has 20 heavy (non-hydrogen) atoms. The molecular weight excluding hydrogens is 301 g/mol. The Morgan fingerprint density at radius 2 is 1.95 bits per heavy atom. The van der Waals surface area contributed by atoms with Crippen molar-refractivity contribution in [2.24, 2.45) is 0 Å². The van der Waals surface area contributed by atoms with Crippen LogP contribution in [0.15, 0.2) is 24.3 Å². The first-order chi connectivity index (χ1) is 9.34. The summed E-state index contributed by atoms with van der Waals surface area (Å²) < 4.78 is 22.9. The molecule has 0 saturated heterocycles. The van der Waals surface area contributed by atoms with Crippen molar-refractivity contribution in [3.63, 3.8) is 0 Å². The van der Waals surface area contributed by atoms with Crippen molar-refractivity contribution in [1.82, 2.24) is 5.09 Å². The van der Waals surface area contributed by atoms with Gasteiger partial charge in [-0.15, -0.1) is 0 Å². The number of hydrogen-bond donors (Lipinski definition) is 1. The zero-order chi connectivity index (χ0) is 15.2. The van der Waals surface area contributed by atoms with Crippen molar-refractivity contribution in [3.05, 3.63) is 29.3 Å². The van der Waals surface area contributed by atoms with Crippen molar-refractivity contribution in [1.29, 1.82) is 0 Å². The normalized spacial score (nSPS) is 13.8. The maximum atomic E-state index is 12.5. The van der Waals surface area contributed by atoms with E-state index in [0.717, 1.165) is 0 Å². The van der Waals surface area contributed by atoms with Crippen LogP contribution in [-0.4, -0.2) is 24.8 Å². The molecule has 0 amide bonds. The minimum atomic E-state index is -3.13. The van der Waals surface area contributed by atoms with Crippen LogP contribution in [0, 0.1) is 0 Å². The highest BCUT2D eigenvalue weighted by molar-refractivity contribution is 7.57. The van der Waals surface area contributed by atoms with E-state index >= 15 is 0 Å². The Labute approximate surface area is 124 Å². The molecule has 1 aromatic carbocycles. The third-order valence-corrected chi connectivity index (χ3v) is 4.54. The van der Waals surface area contributed by atoms with Gasteiger partial charge < -0.3 is 9.26 Å². The van der Waals surface area contributed by atoms with Crippen LogP contribution in [0.3, 0.4) is 0 Å². The van der Waals surface area contributed by atoms with Crippen LogP contribution in [-0.2, 0) is 14.1 Å². The Bertz CT molecular complexity index is 490. The highest BCUT2D eigenvalue weighted by Crippen LogP contribution is 2.42.